The Morgan fingerprint density at radius 1 is 1.38 bits per heavy atom. The highest BCUT2D eigenvalue weighted by molar-refractivity contribution is 7.09. The molecule has 5 rings (SSSR count). The molecule has 116 valence electrons. The molecule has 1 aromatic heterocycles. The van der Waals surface area contributed by atoms with Crippen molar-refractivity contribution >= 4 is 11.3 Å². The van der Waals surface area contributed by atoms with Crippen LogP contribution < -0.4 is 11.3 Å². The van der Waals surface area contributed by atoms with E-state index in [9.17, 15) is 0 Å². The van der Waals surface area contributed by atoms with Crippen LogP contribution in [-0.4, -0.2) is 11.0 Å². The van der Waals surface area contributed by atoms with Crippen molar-refractivity contribution in [2.75, 3.05) is 0 Å². The van der Waals surface area contributed by atoms with Crippen molar-refractivity contribution in [2.45, 2.75) is 64.8 Å². The second-order valence-electron chi connectivity index (χ2n) is 8.42. The standard InChI is InChI=1S/C17H27N3S/c1-11-19-14(9-21-11)4-15(20-18)17-7-12-3-13(8-17)6-16(2,5-12)10-17/h9,12-13,15,20H,3-8,10,18H2,1-2H3. The molecule has 4 aliphatic carbocycles. The van der Waals surface area contributed by atoms with Crippen LogP contribution in [0.15, 0.2) is 5.38 Å². The smallest absolute Gasteiger partial charge is 0.0897 e. The summed E-state index contributed by atoms with van der Waals surface area (Å²) in [4.78, 5) is 4.67. The summed E-state index contributed by atoms with van der Waals surface area (Å²) in [6, 6.07) is 0.393. The van der Waals surface area contributed by atoms with Gasteiger partial charge in [0, 0.05) is 17.8 Å². The molecule has 4 heteroatoms. The molecule has 4 saturated carbocycles. The fourth-order valence-corrected chi connectivity index (χ4v) is 6.99. The second-order valence-corrected chi connectivity index (χ2v) is 9.48. The molecule has 0 radical (unpaired) electrons. The SMILES string of the molecule is Cc1nc(CC(NN)C23CC4CC(CC(C)(C4)C2)C3)cs1. The van der Waals surface area contributed by atoms with Gasteiger partial charge in [-0.25, -0.2) is 4.98 Å². The number of hydrogen-bond donors (Lipinski definition) is 2. The molecule has 0 aromatic carbocycles. The maximum absolute atomic E-state index is 6.02. The lowest BCUT2D eigenvalue weighted by molar-refractivity contribution is -0.118. The van der Waals surface area contributed by atoms with Gasteiger partial charge in [-0.05, 0) is 68.1 Å². The molecule has 0 aliphatic heterocycles. The molecule has 4 bridgehead atoms. The third-order valence-electron chi connectivity index (χ3n) is 6.42. The number of thiazole rings is 1. The summed E-state index contributed by atoms with van der Waals surface area (Å²) in [6.07, 6.45) is 9.52. The van der Waals surface area contributed by atoms with Gasteiger partial charge in [0.15, 0.2) is 0 Å². The van der Waals surface area contributed by atoms with Gasteiger partial charge in [0.05, 0.1) is 10.7 Å². The Bertz CT molecular complexity index is 524. The van der Waals surface area contributed by atoms with Crippen LogP contribution in [0.5, 0.6) is 0 Å². The molecule has 3 nitrogen and oxygen atoms in total. The van der Waals surface area contributed by atoms with Crippen LogP contribution in [0.4, 0.5) is 0 Å². The van der Waals surface area contributed by atoms with Crippen molar-refractivity contribution in [3.8, 4) is 0 Å². The number of aryl methyl sites for hydroxylation is 1. The van der Waals surface area contributed by atoms with Crippen molar-refractivity contribution < 1.29 is 0 Å². The van der Waals surface area contributed by atoms with Crippen LogP contribution in [0.2, 0.25) is 0 Å². The highest BCUT2D eigenvalue weighted by Gasteiger charge is 2.58. The quantitative estimate of drug-likeness (QED) is 0.662. The van der Waals surface area contributed by atoms with Gasteiger partial charge < -0.3 is 0 Å². The van der Waals surface area contributed by atoms with Crippen LogP contribution in [0.25, 0.3) is 0 Å². The highest BCUT2D eigenvalue weighted by atomic mass is 32.1. The number of nitrogens with two attached hydrogens (primary N) is 1. The van der Waals surface area contributed by atoms with Crippen LogP contribution >= 0.6 is 11.3 Å². The molecule has 0 amide bonds. The molecule has 3 N–H and O–H groups in total. The monoisotopic (exact) mass is 305 g/mol. The number of aromatic nitrogens is 1. The van der Waals surface area contributed by atoms with Crippen LogP contribution in [-0.2, 0) is 6.42 Å². The van der Waals surface area contributed by atoms with E-state index in [-0.39, 0.29) is 0 Å². The van der Waals surface area contributed by atoms with Gasteiger partial charge in [-0.15, -0.1) is 11.3 Å². The minimum Gasteiger partial charge on any atom is -0.271 e. The number of nitrogens with zero attached hydrogens (tertiary/aromatic N) is 1. The second kappa shape index (κ2) is 4.77. The first-order valence-corrected chi connectivity index (χ1v) is 9.25. The molecule has 21 heavy (non-hydrogen) atoms. The first-order valence-electron chi connectivity index (χ1n) is 8.37. The minimum atomic E-state index is 0.393. The average Bonchev–Trinajstić information content (AvgIpc) is 2.78. The fraction of sp³-hybridized carbons (Fsp3) is 0.824. The molecule has 4 aliphatic rings. The topological polar surface area (TPSA) is 50.9 Å². The van der Waals surface area contributed by atoms with Crippen LogP contribution in [0, 0.1) is 29.6 Å². The number of nitrogens with one attached hydrogen (secondary N) is 1. The molecule has 3 atom stereocenters. The molecular formula is C17H27N3S. The molecular weight excluding hydrogens is 278 g/mol. The first-order chi connectivity index (χ1) is 10.0. The lowest BCUT2D eigenvalue weighted by atomic mass is 9.43. The molecule has 1 aromatic rings. The normalized spacial score (nSPS) is 42.4. The first kappa shape index (κ1) is 14.2. The molecule has 3 unspecified atom stereocenters. The summed E-state index contributed by atoms with van der Waals surface area (Å²) in [5, 5.41) is 3.38. The zero-order chi connectivity index (χ0) is 14.7. The van der Waals surface area contributed by atoms with E-state index in [0.29, 0.717) is 16.9 Å². The number of hydrazine groups is 1. The maximum Gasteiger partial charge on any atom is 0.0897 e. The number of rotatable bonds is 4. The Kier molecular flexibility index (Phi) is 3.22. The lowest BCUT2D eigenvalue weighted by Crippen LogP contribution is -2.60. The van der Waals surface area contributed by atoms with Gasteiger partial charge in [0.25, 0.3) is 0 Å². The van der Waals surface area contributed by atoms with Crippen LogP contribution in [0.1, 0.15) is 56.2 Å². The number of hydrogen-bond acceptors (Lipinski definition) is 4. The van der Waals surface area contributed by atoms with Gasteiger partial charge >= 0.3 is 0 Å². The third-order valence-corrected chi connectivity index (χ3v) is 7.24. The van der Waals surface area contributed by atoms with E-state index >= 15 is 0 Å². The average molecular weight is 305 g/mol. The summed E-state index contributed by atoms with van der Waals surface area (Å²) >= 11 is 1.75. The van der Waals surface area contributed by atoms with Crippen molar-refractivity contribution in [2.24, 2.45) is 28.5 Å². The molecule has 0 spiro atoms. The predicted octanol–water partition coefficient (Wildman–Crippen LogP) is 3.43. The van der Waals surface area contributed by atoms with Crippen molar-refractivity contribution in [3.05, 3.63) is 16.1 Å². The summed E-state index contributed by atoms with van der Waals surface area (Å²) < 4.78 is 0. The Morgan fingerprint density at radius 2 is 2.10 bits per heavy atom. The van der Waals surface area contributed by atoms with Crippen molar-refractivity contribution in [1.29, 1.82) is 0 Å². The Labute approximate surface area is 131 Å². The van der Waals surface area contributed by atoms with Gasteiger partial charge in [-0.1, -0.05) is 6.92 Å². The van der Waals surface area contributed by atoms with Gasteiger partial charge in [0.2, 0.25) is 0 Å². The van der Waals surface area contributed by atoms with Gasteiger partial charge in [0.1, 0.15) is 0 Å². The largest absolute Gasteiger partial charge is 0.271 e. The summed E-state index contributed by atoms with van der Waals surface area (Å²) in [7, 11) is 0. The Hall–Kier alpha value is -0.450. The van der Waals surface area contributed by atoms with Gasteiger partial charge in [-0.3, -0.25) is 11.3 Å². The van der Waals surface area contributed by atoms with E-state index < -0.39 is 0 Å². The van der Waals surface area contributed by atoms with E-state index in [2.05, 4.69) is 29.6 Å². The zero-order valence-electron chi connectivity index (χ0n) is 13.2. The van der Waals surface area contributed by atoms with Gasteiger partial charge in [-0.2, -0.15) is 0 Å². The minimum absolute atomic E-state index is 0.393. The highest BCUT2D eigenvalue weighted by Crippen LogP contribution is 2.66. The summed E-state index contributed by atoms with van der Waals surface area (Å²) in [6.45, 7) is 4.62. The van der Waals surface area contributed by atoms with Crippen molar-refractivity contribution in [1.82, 2.24) is 10.4 Å². The zero-order valence-corrected chi connectivity index (χ0v) is 14.0. The third kappa shape index (κ3) is 2.36. The molecule has 0 saturated heterocycles. The van der Waals surface area contributed by atoms with E-state index in [1.807, 2.05) is 0 Å². The summed E-state index contributed by atoms with van der Waals surface area (Å²) in [5.74, 6) is 7.91. The maximum atomic E-state index is 6.02. The van der Waals surface area contributed by atoms with Crippen LogP contribution in [0.3, 0.4) is 0 Å². The van der Waals surface area contributed by atoms with E-state index in [0.717, 1.165) is 18.3 Å². The van der Waals surface area contributed by atoms with Crippen molar-refractivity contribution in [3.63, 3.8) is 0 Å². The predicted molar refractivity (Wildman–Crippen MR) is 86.9 cm³/mol. The van der Waals surface area contributed by atoms with E-state index in [1.54, 1.807) is 11.3 Å². The van der Waals surface area contributed by atoms with E-state index in [1.165, 1.54) is 49.2 Å². The molecule has 4 fully saturated rings. The lowest BCUT2D eigenvalue weighted by Gasteiger charge is -2.63. The fourth-order valence-electron chi connectivity index (χ4n) is 6.37. The van der Waals surface area contributed by atoms with E-state index in [4.69, 9.17) is 5.84 Å². The molecule has 1 heterocycles. The Morgan fingerprint density at radius 3 is 2.62 bits per heavy atom. The Balaban J connectivity index is 1.60. The summed E-state index contributed by atoms with van der Waals surface area (Å²) in [5.41, 5.74) is 5.42.